The molecule has 0 aliphatic carbocycles. The summed E-state index contributed by atoms with van der Waals surface area (Å²) in [5, 5.41) is 3.34. The second kappa shape index (κ2) is 10.8. The lowest BCUT2D eigenvalue weighted by molar-refractivity contribution is -0.130. The van der Waals surface area contributed by atoms with Crippen LogP contribution in [0.15, 0.2) is 27.7 Å². The Kier molecular flexibility index (Phi) is 9.55. The molecule has 8 heteroatoms. The smallest absolute Gasteiger partial charge is 0.219 e. The van der Waals surface area contributed by atoms with Gasteiger partial charge in [-0.05, 0) is 40.5 Å². The zero-order chi connectivity index (χ0) is 17.5. The van der Waals surface area contributed by atoms with Gasteiger partial charge in [0.05, 0.1) is 18.1 Å². The Morgan fingerprint density at radius 1 is 1.28 bits per heavy atom. The van der Waals surface area contributed by atoms with Crippen molar-refractivity contribution >= 4 is 51.8 Å². The standard InChI is InChI=1S/C17H25BrN4O2.HI/c1-4-19-17(22-9-7-21(8-10-22)13(2)23)20-12-14-5-6-16(24-3)15(18)11-14;/h5-6,11H,4,7-10,12H2,1-3H3,(H,19,20);1H. The van der Waals surface area contributed by atoms with Crippen molar-refractivity contribution in [2.45, 2.75) is 20.4 Å². The fraction of sp³-hybridized carbons (Fsp3) is 0.529. The molecular formula is C17H26BrIN4O2. The topological polar surface area (TPSA) is 57.2 Å². The first-order valence-corrected chi connectivity index (χ1v) is 8.95. The maximum Gasteiger partial charge on any atom is 0.219 e. The van der Waals surface area contributed by atoms with Crippen LogP contribution in [-0.4, -0.2) is 61.5 Å². The largest absolute Gasteiger partial charge is 0.496 e. The van der Waals surface area contributed by atoms with Gasteiger partial charge in [0, 0.05) is 39.6 Å². The molecule has 0 saturated carbocycles. The highest BCUT2D eigenvalue weighted by Gasteiger charge is 2.20. The summed E-state index contributed by atoms with van der Waals surface area (Å²) in [5.74, 6) is 1.85. The Balaban J connectivity index is 0.00000312. The first-order valence-electron chi connectivity index (χ1n) is 8.16. The Morgan fingerprint density at radius 2 is 1.92 bits per heavy atom. The lowest BCUT2D eigenvalue weighted by Gasteiger charge is -2.36. The van der Waals surface area contributed by atoms with E-state index >= 15 is 0 Å². The van der Waals surface area contributed by atoms with Crippen molar-refractivity contribution in [1.29, 1.82) is 0 Å². The van der Waals surface area contributed by atoms with E-state index in [1.807, 2.05) is 23.1 Å². The van der Waals surface area contributed by atoms with Crippen molar-refractivity contribution in [2.75, 3.05) is 39.8 Å². The molecule has 25 heavy (non-hydrogen) atoms. The molecule has 1 saturated heterocycles. The molecule has 1 amide bonds. The van der Waals surface area contributed by atoms with E-state index in [1.165, 1.54) is 0 Å². The first kappa shape index (κ1) is 22.0. The van der Waals surface area contributed by atoms with E-state index in [-0.39, 0.29) is 29.9 Å². The number of ether oxygens (including phenoxy) is 1. The Bertz CT molecular complexity index is 604. The van der Waals surface area contributed by atoms with Crippen molar-refractivity contribution in [2.24, 2.45) is 4.99 Å². The van der Waals surface area contributed by atoms with Crippen LogP contribution in [0, 0.1) is 0 Å². The normalized spacial score (nSPS) is 14.8. The van der Waals surface area contributed by atoms with Gasteiger partial charge in [-0.2, -0.15) is 0 Å². The molecule has 0 aromatic heterocycles. The summed E-state index contributed by atoms with van der Waals surface area (Å²) < 4.78 is 6.18. The predicted molar refractivity (Wildman–Crippen MR) is 115 cm³/mol. The highest BCUT2D eigenvalue weighted by atomic mass is 127. The minimum absolute atomic E-state index is 0. The summed E-state index contributed by atoms with van der Waals surface area (Å²) in [4.78, 5) is 20.3. The van der Waals surface area contributed by atoms with Crippen molar-refractivity contribution in [1.82, 2.24) is 15.1 Å². The number of amides is 1. The molecule has 0 unspecified atom stereocenters. The number of carbonyl (C=O) groups is 1. The number of aliphatic imine (C=N–C) groups is 1. The number of methoxy groups -OCH3 is 1. The lowest BCUT2D eigenvalue weighted by atomic mass is 10.2. The number of nitrogens with zero attached hydrogens (tertiary/aromatic N) is 3. The number of hydrogen-bond donors (Lipinski definition) is 1. The van der Waals surface area contributed by atoms with E-state index in [9.17, 15) is 4.79 Å². The molecule has 2 rings (SSSR count). The van der Waals surface area contributed by atoms with Crippen LogP contribution in [0.5, 0.6) is 5.75 Å². The molecule has 1 aromatic rings. The monoisotopic (exact) mass is 524 g/mol. The van der Waals surface area contributed by atoms with Crippen LogP contribution in [-0.2, 0) is 11.3 Å². The summed E-state index contributed by atoms with van der Waals surface area (Å²) in [6.45, 7) is 8.19. The van der Waals surface area contributed by atoms with Gasteiger partial charge in [-0.25, -0.2) is 4.99 Å². The third-order valence-electron chi connectivity index (χ3n) is 3.99. The number of hydrogen-bond acceptors (Lipinski definition) is 3. The summed E-state index contributed by atoms with van der Waals surface area (Å²) in [7, 11) is 1.65. The molecule has 1 heterocycles. The number of benzene rings is 1. The van der Waals surface area contributed by atoms with E-state index in [2.05, 4.69) is 33.1 Å². The molecular weight excluding hydrogens is 499 g/mol. The fourth-order valence-corrected chi connectivity index (χ4v) is 3.22. The van der Waals surface area contributed by atoms with Crippen LogP contribution in [0.1, 0.15) is 19.4 Å². The lowest BCUT2D eigenvalue weighted by Crippen LogP contribution is -2.53. The Morgan fingerprint density at radius 3 is 2.44 bits per heavy atom. The predicted octanol–water partition coefficient (Wildman–Crippen LogP) is 2.71. The van der Waals surface area contributed by atoms with Crippen LogP contribution in [0.3, 0.4) is 0 Å². The molecule has 1 fully saturated rings. The van der Waals surface area contributed by atoms with Crippen LogP contribution in [0.2, 0.25) is 0 Å². The molecule has 1 aromatic carbocycles. The quantitative estimate of drug-likeness (QED) is 0.374. The molecule has 0 spiro atoms. The maximum absolute atomic E-state index is 11.4. The fourth-order valence-electron chi connectivity index (χ4n) is 2.63. The van der Waals surface area contributed by atoms with Gasteiger partial charge in [-0.3, -0.25) is 4.79 Å². The van der Waals surface area contributed by atoms with E-state index < -0.39 is 0 Å². The Labute approximate surface area is 175 Å². The molecule has 6 nitrogen and oxygen atoms in total. The minimum atomic E-state index is 0. The highest BCUT2D eigenvalue weighted by molar-refractivity contribution is 14.0. The second-order valence-electron chi connectivity index (χ2n) is 5.63. The van der Waals surface area contributed by atoms with Crippen LogP contribution < -0.4 is 10.1 Å². The van der Waals surface area contributed by atoms with Crippen LogP contribution in [0.25, 0.3) is 0 Å². The SMILES string of the molecule is CCNC(=NCc1ccc(OC)c(Br)c1)N1CCN(C(C)=O)CC1.I. The van der Waals surface area contributed by atoms with E-state index in [1.54, 1.807) is 14.0 Å². The molecule has 0 atom stereocenters. The molecule has 1 aliphatic rings. The minimum Gasteiger partial charge on any atom is -0.496 e. The number of guanidine groups is 1. The first-order chi connectivity index (χ1) is 11.5. The number of piperazine rings is 1. The van der Waals surface area contributed by atoms with Crippen molar-refractivity contribution in [3.8, 4) is 5.75 Å². The van der Waals surface area contributed by atoms with E-state index in [4.69, 9.17) is 9.73 Å². The summed E-state index contributed by atoms with van der Waals surface area (Å²) in [6, 6.07) is 5.98. The maximum atomic E-state index is 11.4. The number of nitrogens with one attached hydrogen (secondary N) is 1. The summed E-state index contributed by atoms with van der Waals surface area (Å²) >= 11 is 3.50. The van der Waals surface area contributed by atoms with Gasteiger partial charge in [-0.1, -0.05) is 6.07 Å². The molecule has 140 valence electrons. The van der Waals surface area contributed by atoms with Gasteiger partial charge in [0.15, 0.2) is 5.96 Å². The van der Waals surface area contributed by atoms with Gasteiger partial charge in [0.25, 0.3) is 0 Å². The third-order valence-corrected chi connectivity index (χ3v) is 4.61. The van der Waals surface area contributed by atoms with Gasteiger partial charge in [-0.15, -0.1) is 24.0 Å². The van der Waals surface area contributed by atoms with Gasteiger partial charge >= 0.3 is 0 Å². The zero-order valence-electron chi connectivity index (χ0n) is 14.9. The van der Waals surface area contributed by atoms with Gasteiger partial charge in [0.1, 0.15) is 5.75 Å². The average Bonchev–Trinajstić information content (AvgIpc) is 2.59. The third kappa shape index (κ3) is 6.32. The average molecular weight is 525 g/mol. The second-order valence-corrected chi connectivity index (χ2v) is 6.49. The van der Waals surface area contributed by atoms with Gasteiger partial charge < -0.3 is 19.9 Å². The van der Waals surface area contributed by atoms with Crippen molar-refractivity contribution in [3.05, 3.63) is 28.2 Å². The molecule has 1 N–H and O–H groups in total. The summed E-state index contributed by atoms with van der Waals surface area (Å²) in [5.41, 5.74) is 1.11. The van der Waals surface area contributed by atoms with Crippen molar-refractivity contribution in [3.63, 3.8) is 0 Å². The molecule has 0 bridgehead atoms. The molecule has 1 aliphatic heterocycles. The van der Waals surface area contributed by atoms with E-state index in [0.717, 1.165) is 54.5 Å². The number of halogens is 2. The summed E-state index contributed by atoms with van der Waals surface area (Å²) in [6.07, 6.45) is 0. The van der Waals surface area contributed by atoms with Crippen LogP contribution >= 0.6 is 39.9 Å². The number of carbonyl (C=O) groups excluding carboxylic acids is 1. The zero-order valence-corrected chi connectivity index (χ0v) is 18.8. The highest BCUT2D eigenvalue weighted by Crippen LogP contribution is 2.25. The van der Waals surface area contributed by atoms with Crippen molar-refractivity contribution < 1.29 is 9.53 Å². The molecule has 0 radical (unpaired) electrons. The Hall–Kier alpha value is -1.03. The number of rotatable bonds is 4. The van der Waals surface area contributed by atoms with E-state index in [0.29, 0.717) is 6.54 Å². The van der Waals surface area contributed by atoms with Gasteiger partial charge in [0.2, 0.25) is 5.91 Å². The van der Waals surface area contributed by atoms with Crippen LogP contribution in [0.4, 0.5) is 0 Å².